The molecule has 2 unspecified atom stereocenters. The zero-order valence-corrected chi connectivity index (χ0v) is 14.9. The van der Waals surface area contributed by atoms with Crippen molar-refractivity contribution in [2.45, 2.75) is 34.6 Å². The Morgan fingerprint density at radius 3 is 2.57 bits per heavy atom. The predicted molar refractivity (Wildman–Crippen MR) is 93.0 cm³/mol. The van der Waals surface area contributed by atoms with Crippen molar-refractivity contribution in [3.8, 4) is 11.5 Å². The monoisotopic (exact) mass is 317 g/mol. The number of ether oxygens (including phenoxy) is 2. The maximum Gasteiger partial charge on any atom is 0.228 e. The summed E-state index contributed by atoms with van der Waals surface area (Å²) in [6.07, 6.45) is 2.20. The molecule has 1 N–H and O–H groups in total. The number of rotatable bonds is 6. The topological polar surface area (TPSA) is 47.6 Å². The van der Waals surface area contributed by atoms with Gasteiger partial charge < -0.3 is 14.8 Å². The molecule has 0 spiro atoms. The molecule has 0 saturated heterocycles. The Hall–Kier alpha value is -1.97. The van der Waals surface area contributed by atoms with Crippen LogP contribution in [0.4, 0.5) is 5.69 Å². The summed E-state index contributed by atoms with van der Waals surface area (Å²) >= 11 is 0. The van der Waals surface area contributed by atoms with Crippen molar-refractivity contribution >= 4 is 11.6 Å². The zero-order valence-electron chi connectivity index (χ0n) is 14.9. The van der Waals surface area contributed by atoms with Crippen LogP contribution in [0.3, 0.4) is 0 Å². The summed E-state index contributed by atoms with van der Waals surface area (Å²) in [6, 6.07) is 5.47. The van der Waals surface area contributed by atoms with Crippen molar-refractivity contribution in [2.24, 2.45) is 17.3 Å². The van der Waals surface area contributed by atoms with E-state index in [9.17, 15) is 4.79 Å². The fourth-order valence-corrected chi connectivity index (χ4v) is 3.09. The normalized spacial score (nSPS) is 21.3. The van der Waals surface area contributed by atoms with E-state index in [0.717, 1.165) is 5.69 Å². The summed E-state index contributed by atoms with van der Waals surface area (Å²) in [5, 5.41) is 3.00. The number of methoxy groups -OCH3 is 1. The molecule has 1 aromatic carbocycles. The van der Waals surface area contributed by atoms with Gasteiger partial charge in [-0.2, -0.15) is 0 Å². The molecular weight excluding hydrogens is 290 g/mol. The summed E-state index contributed by atoms with van der Waals surface area (Å²) in [4.78, 5) is 12.6. The molecule has 2 rings (SSSR count). The summed E-state index contributed by atoms with van der Waals surface area (Å²) in [5.74, 6) is 1.68. The van der Waals surface area contributed by atoms with E-state index in [-0.39, 0.29) is 17.2 Å². The Morgan fingerprint density at radius 2 is 2.00 bits per heavy atom. The van der Waals surface area contributed by atoms with Gasteiger partial charge in [-0.25, -0.2) is 0 Å². The third kappa shape index (κ3) is 3.69. The lowest BCUT2D eigenvalue weighted by Crippen LogP contribution is -2.17. The van der Waals surface area contributed by atoms with Crippen molar-refractivity contribution in [3.63, 3.8) is 0 Å². The second-order valence-corrected chi connectivity index (χ2v) is 6.86. The Balaban J connectivity index is 2.11. The van der Waals surface area contributed by atoms with Crippen molar-refractivity contribution in [1.29, 1.82) is 0 Å². The maximum atomic E-state index is 12.6. The molecule has 1 saturated carbocycles. The van der Waals surface area contributed by atoms with Crippen LogP contribution < -0.4 is 14.8 Å². The lowest BCUT2D eigenvalue weighted by Gasteiger charge is -2.12. The van der Waals surface area contributed by atoms with E-state index in [1.165, 1.54) is 5.57 Å². The van der Waals surface area contributed by atoms with Crippen LogP contribution >= 0.6 is 0 Å². The van der Waals surface area contributed by atoms with E-state index in [1.54, 1.807) is 13.2 Å². The van der Waals surface area contributed by atoms with Crippen molar-refractivity contribution in [3.05, 3.63) is 29.8 Å². The molecule has 0 heterocycles. The van der Waals surface area contributed by atoms with Gasteiger partial charge in [-0.15, -0.1) is 0 Å². The van der Waals surface area contributed by atoms with E-state index in [1.807, 2.05) is 19.1 Å². The summed E-state index contributed by atoms with van der Waals surface area (Å²) in [7, 11) is 1.60. The number of carbonyl (C=O) groups excluding carboxylic acids is 1. The van der Waals surface area contributed by atoms with Gasteiger partial charge in [0.15, 0.2) is 11.5 Å². The predicted octanol–water partition coefficient (Wildman–Crippen LogP) is 4.27. The van der Waals surface area contributed by atoms with Gasteiger partial charge in [0.05, 0.1) is 19.6 Å². The Bertz CT molecular complexity index is 615. The Kier molecular flexibility index (Phi) is 5.03. The lowest BCUT2D eigenvalue weighted by molar-refractivity contribution is -0.118. The van der Waals surface area contributed by atoms with Crippen LogP contribution in [0, 0.1) is 17.3 Å². The molecule has 0 radical (unpaired) electrons. The van der Waals surface area contributed by atoms with Gasteiger partial charge in [-0.1, -0.05) is 25.5 Å². The number of amides is 1. The van der Waals surface area contributed by atoms with Gasteiger partial charge in [0.25, 0.3) is 0 Å². The highest BCUT2D eigenvalue weighted by atomic mass is 16.5. The number of benzene rings is 1. The van der Waals surface area contributed by atoms with Gasteiger partial charge in [0, 0.05) is 11.8 Å². The first-order chi connectivity index (χ1) is 10.8. The van der Waals surface area contributed by atoms with Crippen LogP contribution in [-0.2, 0) is 4.79 Å². The Labute approximate surface area is 138 Å². The largest absolute Gasteiger partial charge is 0.493 e. The van der Waals surface area contributed by atoms with Crippen LogP contribution in [-0.4, -0.2) is 19.6 Å². The minimum atomic E-state index is 0.00923. The minimum Gasteiger partial charge on any atom is -0.493 e. The number of anilines is 1. The average Bonchev–Trinajstić information content (AvgIpc) is 3.00. The molecule has 4 heteroatoms. The summed E-state index contributed by atoms with van der Waals surface area (Å²) in [6.45, 7) is 10.9. The SMILES string of the molecule is CCOc1ccc(NC(=O)C2C(C=C(C)C)C2(C)C)cc1OC. The van der Waals surface area contributed by atoms with E-state index in [4.69, 9.17) is 9.47 Å². The molecule has 1 aromatic rings. The molecule has 1 fully saturated rings. The van der Waals surface area contributed by atoms with Gasteiger partial charge >= 0.3 is 0 Å². The van der Waals surface area contributed by atoms with Crippen LogP contribution in [0.1, 0.15) is 34.6 Å². The second kappa shape index (κ2) is 6.65. The molecule has 0 aromatic heterocycles. The smallest absolute Gasteiger partial charge is 0.228 e. The molecule has 0 aliphatic heterocycles. The number of allylic oxidation sites excluding steroid dienone is 2. The van der Waals surface area contributed by atoms with Crippen molar-refractivity contribution in [2.75, 3.05) is 19.0 Å². The fourth-order valence-electron chi connectivity index (χ4n) is 3.09. The molecular formula is C19H27NO3. The number of hydrogen-bond acceptors (Lipinski definition) is 3. The summed E-state index contributed by atoms with van der Waals surface area (Å²) < 4.78 is 10.8. The molecule has 1 amide bonds. The van der Waals surface area contributed by atoms with Crippen LogP contribution in [0.5, 0.6) is 11.5 Å². The van der Waals surface area contributed by atoms with Crippen LogP contribution in [0.15, 0.2) is 29.8 Å². The molecule has 126 valence electrons. The first-order valence-corrected chi connectivity index (χ1v) is 8.08. The highest BCUT2D eigenvalue weighted by Gasteiger charge is 2.60. The lowest BCUT2D eigenvalue weighted by atomic mass is 10.1. The minimum absolute atomic E-state index is 0.00923. The van der Waals surface area contributed by atoms with Gasteiger partial charge in [0.2, 0.25) is 5.91 Å². The highest BCUT2D eigenvalue weighted by molar-refractivity contribution is 5.96. The van der Waals surface area contributed by atoms with E-state index in [0.29, 0.717) is 24.0 Å². The zero-order chi connectivity index (χ0) is 17.2. The Morgan fingerprint density at radius 1 is 1.30 bits per heavy atom. The number of hydrogen-bond donors (Lipinski definition) is 1. The van der Waals surface area contributed by atoms with E-state index >= 15 is 0 Å². The highest BCUT2D eigenvalue weighted by Crippen LogP contribution is 2.59. The first-order valence-electron chi connectivity index (χ1n) is 8.08. The number of nitrogens with one attached hydrogen (secondary N) is 1. The maximum absolute atomic E-state index is 12.6. The standard InChI is InChI=1S/C19H27NO3/c1-7-23-15-9-8-13(11-16(15)22-6)20-18(21)17-14(10-12(2)3)19(17,4)5/h8-11,14,17H,7H2,1-6H3,(H,20,21). The molecule has 23 heavy (non-hydrogen) atoms. The number of carbonyl (C=O) groups is 1. The second-order valence-electron chi connectivity index (χ2n) is 6.86. The van der Waals surface area contributed by atoms with Crippen LogP contribution in [0.2, 0.25) is 0 Å². The van der Waals surface area contributed by atoms with Crippen molar-refractivity contribution in [1.82, 2.24) is 0 Å². The fraction of sp³-hybridized carbons (Fsp3) is 0.526. The van der Waals surface area contributed by atoms with Gasteiger partial charge in [-0.05, 0) is 44.2 Å². The summed E-state index contributed by atoms with van der Waals surface area (Å²) in [5.41, 5.74) is 1.99. The molecule has 2 atom stereocenters. The van der Waals surface area contributed by atoms with E-state index < -0.39 is 0 Å². The third-order valence-corrected chi connectivity index (χ3v) is 4.44. The molecule has 4 nitrogen and oxygen atoms in total. The van der Waals surface area contributed by atoms with Crippen molar-refractivity contribution < 1.29 is 14.3 Å². The molecule has 1 aliphatic rings. The molecule has 1 aliphatic carbocycles. The van der Waals surface area contributed by atoms with E-state index in [2.05, 4.69) is 39.1 Å². The van der Waals surface area contributed by atoms with Gasteiger partial charge in [0.1, 0.15) is 0 Å². The average molecular weight is 317 g/mol. The van der Waals surface area contributed by atoms with Gasteiger partial charge in [-0.3, -0.25) is 4.79 Å². The third-order valence-electron chi connectivity index (χ3n) is 4.44. The quantitative estimate of drug-likeness (QED) is 0.797. The molecule has 0 bridgehead atoms. The first kappa shape index (κ1) is 17.4. The van der Waals surface area contributed by atoms with Crippen LogP contribution in [0.25, 0.3) is 0 Å².